The van der Waals surface area contributed by atoms with E-state index in [4.69, 9.17) is 4.74 Å². The minimum Gasteiger partial charge on any atom is -0.383 e. The van der Waals surface area contributed by atoms with Crippen LogP contribution in [0.2, 0.25) is 0 Å². The van der Waals surface area contributed by atoms with E-state index in [-0.39, 0.29) is 23.4 Å². The van der Waals surface area contributed by atoms with Gasteiger partial charge in [-0.25, -0.2) is 13.1 Å². The second kappa shape index (κ2) is 8.78. The van der Waals surface area contributed by atoms with Gasteiger partial charge < -0.3 is 9.64 Å². The Kier molecular flexibility index (Phi) is 6.98. The van der Waals surface area contributed by atoms with Crippen molar-refractivity contribution in [3.63, 3.8) is 0 Å². The fraction of sp³-hybridized carbons (Fsp3) is 0.611. The Balaban J connectivity index is 2.07. The van der Waals surface area contributed by atoms with Gasteiger partial charge in [-0.05, 0) is 43.0 Å². The van der Waals surface area contributed by atoms with Gasteiger partial charge in [0.1, 0.15) is 0 Å². The maximum absolute atomic E-state index is 12.7. The minimum absolute atomic E-state index is 0.0601. The molecular weight excluding hydrogens is 340 g/mol. The van der Waals surface area contributed by atoms with Crippen LogP contribution in [0.15, 0.2) is 29.2 Å². The molecule has 0 bridgehead atoms. The highest BCUT2D eigenvalue weighted by Gasteiger charge is 2.28. The van der Waals surface area contributed by atoms with Crippen molar-refractivity contribution >= 4 is 15.9 Å². The molecule has 1 saturated carbocycles. The first-order valence-electron chi connectivity index (χ1n) is 8.72. The monoisotopic (exact) mass is 368 g/mol. The maximum atomic E-state index is 12.7. The van der Waals surface area contributed by atoms with Gasteiger partial charge in [0, 0.05) is 32.3 Å². The summed E-state index contributed by atoms with van der Waals surface area (Å²) in [5.41, 5.74) is 0.510. The molecule has 140 valence electrons. The summed E-state index contributed by atoms with van der Waals surface area (Å²) in [6.07, 6.45) is 4.55. The first-order chi connectivity index (χ1) is 11.9. The lowest BCUT2D eigenvalue weighted by atomic mass is 9.85. The van der Waals surface area contributed by atoms with Crippen molar-refractivity contribution in [2.24, 2.45) is 5.92 Å². The maximum Gasteiger partial charge on any atom is 0.253 e. The largest absolute Gasteiger partial charge is 0.383 e. The lowest BCUT2D eigenvalue weighted by Gasteiger charge is -2.36. The molecule has 0 aromatic heterocycles. The smallest absolute Gasteiger partial charge is 0.253 e. The van der Waals surface area contributed by atoms with E-state index in [1.807, 2.05) is 11.9 Å². The van der Waals surface area contributed by atoms with Crippen molar-refractivity contribution in [1.29, 1.82) is 0 Å². The third kappa shape index (κ3) is 5.03. The van der Waals surface area contributed by atoms with Crippen LogP contribution in [0.3, 0.4) is 0 Å². The molecule has 6 nitrogen and oxygen atoms in total. The van der Waals surface area contributed by atoms with Crippen LogP contribution in [0.25, 0.3) is 0 Å². The van der Waals surface area contributed by atoms with Gasteiger partial charge in [0.25, 0.3) is 5.91 Å². The van der Waals surface area contributed by atoms with Crippen LogP contribution in [0.1, 0.15) is 43.0 Å². The molecule has 25 heavy (non-hydrogen) atoms. The average Bonchev–Trinajstić information content (AvgIpc) is 2.61. The Bertz CT molecular complexity index is 673. The lowest BCUT2D eigenvalue weighted by Crippen LogP contribution is -2.42. The molecule has 0 aliphatic heterocycles. The van der Waals surface area contributed by atoms with Gasteiger partial charge >= 0.3 is 0 Å². The van der Waals surface area contributed by atoms with Gasteiger partial charge in [-0.3, -0.25) is 4.79 Å². The summed E-state index contributed by atoms with van der Waals surface area (Å²) < 4.78 is 31.6. The SMILES string of the molecule is COCCNS(=O)(=O)c1ccc(C(=O)N(C)C2CCCCC2C)cc1. The molecule has 0 spiro atoms. The predicted octanol–water partition coefficient (Wildman–Crippen LogP) is 2.26. The summed E-state index contributed by atoms with van der Waals surface area (Å²) in [4.78, 5) is 14.7. The molecule has 1 aliphatic carbocycles. The van der Waals surface area contributed by atoms with Gasteiger partial charge in [-0.2, -0.15) is 0 Å². The molecule has 2 atom stereocenters. The van der Waals surface area contributed by atoms with Crippen molar-refractivity contribution in [2.75, 3.05) is 27.3 Å². The first-order valence-corrected chi connectivity index (χ1v) is 10.2. The van der Waals surface area contributed by atoms with Crippen molar-refractivity contribution in [1.82, 2.24) is 9.62 Å². The molecule has 1 N–H and O–H groups in total. The number of hydrogen-bond acceptors (Lipinski definition) is 4. The molecule has 0 radical (unpaired) electrons. The van der Waals surface area contributed by atoms with Crippen molar-refractivity contribution < 1.29 is 17.9 Å². The van der Waals surface area contributed by atoms with Crippen LogP contribution in [0, 0.1) is 5.92 Å². The highest BCUT2D eigenvalue weighted by molar-refractivity contribution is 7.89. The molecule has 1 aromatic rings. The van der Waals surface area contributed by atoms with Crippen LogP contribution in [-0.2, 0) is 14.8 Å². The third-order valence-corrected chi connectivity index (χ3v) is 6.37. The van der Waals surface area contributed by atoms with E-state index in [2.05, 4.69) is 11.6 Å². The van der Waals surface area contributed by atoms with Crippen molar-refractivity contribution in [2.45, 2.75) is 43.5 Å². The molecule has 1 aromatic carbocycles. The molecule has 7 heteroatoms. The Morgan fingerprint density at radius 3 is 2.48 bits per heavy atom. The van der Waals surface area contributed by atoms with E-state index < -0.39 is 10.0 Å². The Hall–Kier alpha value is -1.44. The van der Waals surface area contributed by atoms with Crippen LogP contribution in [0.5, 0.6) is 0 Å². The summed E-state index contributed by atoms with van der Waals surface area (Å²) in [5.74, 6) is 0.433. The zero-order valence-corrected chi connectivity index (χ0v) is 16.0. The Morgan fingerprint density at radius 1 is 1.24 bits per heavy atom. The van der Waals surface area contributed by atoms with Gasteiger partial charge in [0.05, 0.1) is 11.5 Å². The number of hydrogen-bond donors (Lipinski definition) is 1. The molecule has 0 heterocycles. The highest BCUT2D eigenvalue weighted by Crippen LogP contribution is 2.28. The van der Waals surface area contributed by atoms with Crippen molar-refractivity contribution in [3.05, 3.63) is 29.8 Å². The van der Waals surface area contributed by atoms with Crippen LogP contribution >= 0.6 is 0 Å². The standard InChI is InChI=1S/C18H28N2O4S/c1-14-6-4-5-7-17(14)20(2)18(21)15-8-10-16(11-9-15)25(22,23)19-12-13-24-3/h8-11,14,17,19H,4-7,12-13H2,1-3H3. The number of ether oxygens (including phenoxy) is 1. The molecule has 1 amide bonds. The molecule has 1 aliphatic rings. The number of benzene rings is 1. The van der Waals surface area contributed by atoms with E-state index in [1.165, 1.54) is 25.7 Å². The predicted molar refractivity (Wildman–Crippen MR) is 97.0 cm³/mol. The Labute approximate surface area is 150 Å². The summed E-state index contributed by atoms with van der Waals surface area (Å²) in [6, 6.07) is 6.36. The number of carbonyl (C=O) groups is 1. The second-order valence-corrected chi connectivity index (χ2v) is 8.43. The number of nitrogens with one attached hydrogen (secondary N) is 1. The van der Waals surface area contributed by atoms with Crippen LogP contribution < -0.4 is 4.72 Å². The Morgan fingerprint density at radius 2 is 1.88 bits per heavy atom. The average molecular weight is 368 g/mol. The quantitative estimate of drug-likeness (QED) is 0.749. The topological polar surface area (TPSA) is 75.7 Å². The summed E-state index contributed by atoms with van der Waals surface area (Å²) in [5, 5.41) is 0. The van der Waals surface area contributed by atoms with E-state index in [0.717, 1.165) is 19.3 Å². The lowest BCUT2D eigenvalue weighted by molar-refractivity contribution is 0.0629. The third-order valence-electron chi connectivity index (χ3n) is 4.89. The molecule has 0 saturated heterocycles. The molecule has 2 rings (SSSR count). The highest BCUT2D eigenvalue weighted by atomic mass is 32.2. The number of carbonyl (C=O) groups excluding carboxylic acids is 1. The molecule has 1 fully saturated rings. The minimum atomic E-state index is -3.58. The zero-order valence-electron chi connectivity index (χ0n) is 15.2. The van der Waals surface area contributed by atoms with E-state index in [1.54, 1.807) is 12.1 Å². The fourth-order valence-electron chi connectivity index (χ4n) is 3.36. The first kappa shape index (κ1) is 19.9. The summed E-state index contributed by atoms with van der Waals surface area (Å²) in [7, 11) is -0.228. The van der Waals surface area contributed by atoms with Gasteiger partial charge in [-0.15, -0.1) is 0 Å². The summed E-state index contributed by atoms with van der Waals surface area (Å²) in [6.45, 7) is 2.71. The van der Waals surface area contributed by atoms with Gasteiger partial charge in [-0.1, -0.05) is 19.8 Å². The normalized spacial score (nSPS) is 21.1. The molecule has 2 unspecified atom stereocenters. The zero-order chi connectivity index (χ0) is 18.4. The van der Waals surface area contributed by atoms with Crippen molar-refractivity contribution in [3.8, 4) is 0 Å². The van der Waals surface area contributed by atoms with Gasteiger partial charge in [0.2, 0.25) is 10.0 Å². The van der Waals surface area contributed by atoms with E-state index in [9.17, 15) is 13.2 Å². The number of amides is 1. The fourth-order valence-corrected chi connectivity index (χ4v) is 4.38. The summed E-state index contributed by atoms with van der Waals surface area (Å²) >= 11 is 0. The van der Waals surface area contributed by atoms with Gasteiger partial charge in [0.15, 0.2) is 0 Å². The van der Waals surface area contributed by atoms with Crippen LogP contribution in [-0.4, -0.2) is 52.6 Å². The van der Waals surface area contributed by atoms with Crippen LogP contribution in [0.4, 0.5) is 0 Å². The number of sulfonamides is 1. The number of nitrogens with zero attached hydrogens (tertiary/aromatic N) is 1. The molecular formula is C18H28N2O4S. The number of rotatable bonds is 7. The van der Waals surface area contributed by atoms with E-state index in [0.29, 0.717) is 18.1 Å². The second-order valence-electron chi connectivity index (χ2n) is 6.66. The number of methoxy groups -OCH3 is 1. The van der Waals surface area contributed by atoms with E-state index >= 15 is 0 Å².